The van der Waals surface area contributed by atoms with Crippen molar-refractivity contribution in [3.05, 3.63) is 58.2 Å². The van der Waals surface area contributed by atoms with Crippen LogP contribution >= 0.6 is 0 Å². The summed E-state index contributed by atoms with van der Waals surface area (Å²) in [6.45, 7) is 1.63. The molecule has 6 rings (SSSR count). The third-order valence-electron chi connectivity index (χ3n) is 9.09. The van der Waals surface area contributed by atoms with Crippen LogP contribution in [-0.2, 0) is 19.2 Å². The van der Waals surface area contributed by atoms with Crippen LogP contribution in [0.4, 0.5) is 0 Å². The minimum Gasteiger partial charge on any atom is -0.507 e. The lowest BCUT2D eigenvalue weighted by atomic mass is 9.59. The first-order chi connectivity index (χ1) is 17.8. The van der Waals surface area contributed by atoms with Gasteiger partial charge in [0.05, 0.1) is 18.9 Å². The third kappa shape index (κ3) is 3.54. The number of carbonyl (C=O) groups is 4. The number of phenols is 1. The Labute approximate surface area is 215 Å². The molecule has 1 heterocycles. The zero-order chi connectivity index (χ0) is 26.0. The summed E-state index contributed by atoms with van der Waals surface area (Å²) in [5.74, 6) is -2.27. The first kappa shape index (κ1) is 23.9. The third-order valence-corrected chi connectivity index (χ3v) is 9.09. The second-order valence-corrected chi connectivity index (χ2v) is 11.0. The normalized spacial score (nSPS) is 30.1. The van der Waals surface area contributed by atoms with Crippen molar-refractivity contribution in [2.45, 2.75) is 63.8 Å². The number of rotatable bonds is 3. The SMILES string of the molecule is COc1ccc([C@H]2C3=CC[C@@H]4C(=O)N(C5CCCCC5)C(=O)[C@@H]4[C@@H]3CC3=C2C(=O)C(C)=CC3=O)c(O)c1. The van der Waals surface area contributed by atoms with Gasteiger partial charge in [-0.15, -0.1) is 0 Å². The van der Waals surface area contributed by atoms with E-state index in [1.807, 2.05) is 6.08 Å². The largest absolute Gasteiger partial charge is 0.507 e. The number of likely N-dealkylation sites (tertiary alicyclic amines) is 1. The van der Waals surface area contributed by atoms with E-state index in [0.717, 1.165) is 37.7 Å². The van der Waals surface area contributed by atoms with Crippen molar-refractivity contribution in [2.24, 2.45) is 17.8 Å². The Morgan fingerprint density at radius 2 is 1.76 bits per heavy atom. The van der Waals surface area contributed by atoms with Crippen molar-refractivity contribution in [3.63, 3.8) is 0 Å². The topological polar surface area (TPSA) is 101 Å². The number of Topliss-reactive ketones (excluding diaryl/α,β-unsaturated/α-hetero) is 1. The lowest BCUT2D eigenvalue weighted by Gasteiger charge is -2.42. The Bertz CT molecular complexity index is 1330. The van der Waals surface area contributed by atoms with Crippen LogP contribution in [0.3, 0.4) is 0 Å². The summed E-state index contributed by atoms with van der Waals surface area (Å²) in [6.07, 6.45) is 8.87. The van der Waals surface area contributed by atoms with E-state index in [4.69, 9.17) is 4.74 Å². The summed E-state index contributed by atoms with van der Waals surface area (Å²) in [6, 6.07) is 4.89. The van der Waals surface area contributed by atoms with Gasteiger partial charge in [0.2, 0.25) is 11.8 Å². The second kappa shape index (κ2) is 8.82. The number of ketones is 2. The lowest BCUT2D eigenvalue weighted by Crippen LogP contribution is -2.43. The summed E-state index contributed by atoms with van der Waals surface area (Å²) in [7, 11) is 1.51. The van der Waals surface area contributed by atoms with Gasteiger partial charge < -0.3 is 9.84 Å². The minimum absolute atomic E-state index is 0.0371. The van der Waals surface area contributed by atoms with Crippen LogP contribution in [-0.4, -0.2) is 46.5 Å². The van der Waals surface area contributed by atoms with Crippen molar-refractivity contribution in [1.29, 1.82) is 0 Å². The number of fused-ring (bicyclic) bond motifs is 3. The fraction of sp³-hybridized carbons (Fsp3) is 0.467. The molecule has 7 nitrogen and oxygen atoms in total. The van der Waals surface area contributed by atoms with Gasteiger partial charge in [0.1, 0.15) is 11.5 Å². The number of carbonyl (C=O) groups excluding carboxylic acids is 4. The molecule has 1 aromatic carbocycles. The van der Waals surface area contributed by atoms with Crippen LogP contribution in [0.5, 0.6) is 11.5 Å². The number of allylic oxidation sites excluding steroid dienone is 6. The van der Waals surface area contributed by atoms with Gasteiger partial charge in [0, 0.05) is 40.3 Å². The Kier molecular flexibility index (Phi) is 5.70. The quantitative estimate of drug-likeness (QED) is 0.379. The molecule has 37 heavy (non-hydrogen) atoms. The summed E-state index contributed by atoms with van der Waals surface area (Å²) < 4.78 is 5.25. The molecule has 4 atom stereocenters. The smallest absolute Gasteiger partial charge is 0.233 e. The van der Waals surface area contributed by atoms with E-state index in [0.29, 0.717) is 34.5 Å². The molecule has 7 heteroatoms. The van der Waals surface area contributed by atoms with Crippen LogP contribution in [0.25, 0.3) is 0 Å². The molecular formula is C30H31NO6. The second-order valence-electron chi connectivity index (χ2n) is 11.0. The number of amides is 2. The molecule has 2 amide bonds. The number of aromatic hydroxyl groups is 1. The molecule has 0 radical (unpaired) electrons. The summed E-state index contributed by atoms with van der Waals surface area (Å²) >= 11 is 0. The molecule has 1 aromatic rings. The monoisotopic (exact) mass is 501 g/mol. The summed E-state index contributed by atoms with van der Waals surface area (Å²) in [4.78, 5) is 55.6. The van der Waals surface area contributed by atoms with Crippen LogP contribution < -0.4 is 4.74 Å². The van der Waals surface area contributed by atoms with E-state index in [1.165, 1.54) is 24.2 Å². The van der Waals surface area contributed by atoms with E-state index < -0.39 is 17.8 Å². The highest BCUT2D eigenvalue weighted by molar-refractivity contribution is 6.24. The zero-order valence-corrected chi connectivity index (χ0v) is 21.2. The summed E-state index contributed by atoms with van der Waals surface area (Å²) in [5, 5.41) is 11.0. The molecule has 192 valence electrons. The van der Waals surface area contributed by atoms with E-state index in [2.05, 4.69) is 0 Å². The van der Waals surface area contributed by atoms with Gasteiger partial charge in [-0.2, -0.15) is 0 Å². The maximum atomic E-state index is 13.9. The molecule has 1 aliphatic heterocycles. The number of hydrogen-bond acceptors (Lipinski definition) is 6. The predicted octanol–water partition coefficient (Wildman–Crippen LogP) is 4.16. The van der Waals surface area contributed by atoms with Gasteiger partial charge in [0.15, 0.2) is 11.6 Å². The molecule has 0 unspecified atom stereocenters. The van der Waals surface area contributed by atoms with E-state index >= 15 is 0 Å². The molecule has 1 saturated carbocycles. The lowest BCUT2D eigenvalue weighted by molar-refractivity contribution is -0.143. The fourth-order valence-electron chi connectivity index (χ4n) is 7.33. The van der Waals surface area contributed by atoms with Crippen molar-refractivity contribution in [1.82, 2.24) is 4.90 Å². The Morgan fingerprint density at radius 1 is 1.00 bits per heavy atom. The number of methoxy groups -OCH3 is 1. The average molecular weight is 502 g/mol. The fourth-order valence-corrected chi connectivity index (χ4v) is 7.33. The number of benzene rings is 1. The van der Waals surface area contributed by atoms with Crippen molar-refractivity contribution >= 4 is 23.4 Å². The standard InChI is InChI=1S/C30H31NO6/c1-15-12-23(32)22-14-21-18(25(27(22)28(15)34)19-9-8-17(37-2)13-24(19)33)10-11-20-26(21)30(36)31(29(20)35)16-6-4-3-5-7-16/h8-10,12-13,16,20-21,25-26,33H,3-7,11,14H2,1-2H3/t20-,21+,25+,26-/m0/s1. The first-order valence-electron chi connectivity index (χ1n) is 13.3. The van der Waals surface area contributed by atoms with Crippen molar-refractivity contribution < 1.29 is 29.0 Å². The van der Waals surface area contributed by atoms with E-state index in [9.17, 15) is 24.3 Å². The Balaban J connectivity index is 1.47. The Hall–Kier alpha value is -3.48. The van der Waals surface area contributed by atoms with E-state index in [1.54, 1.807) is 19.1 Å². The number of phenolic OH excluding ortho intramolecular Hbond substituents is 1. The number of imide groups is 1. The van der Waals surface area contributed by atoms with Gasteiger partial charge in [-0.05, 0) is 50.7 Å². The maximum Gasteiger partial charge on any atom is 0.233 e. The van der Waals surface area contributed by atoms with Crippen LogP contribution in [0, 0.1) is 17.8 Å². The highest BCUT2D eigenvalue weighted by atomic mass is 16.5. The molecule has 1 saturated heterocycles. The molecule has 5 aliphatic rings. The Morgan fingerprint density at radius 3 is 2.46 bits per heavy atom. The van der Waals surface area contributed by atoms with Crippen molar-refractivity contribution in [3.8, 4) is 11.5 Å². The number of ether oxygens (including phenoxy) is 1. The maximum absolute atomic E-state index is 13.9. The average Bonchev–Trinajstić information content (AvgIpc) is 3.16. The molecular weight excluding hydrogens is 470 g/mol. The zero-order valence-electron chi connectivity index (χ0n) is 21.2. The van der Waals surface area contributed by atoms with Crippen LogP contribution in [0.15, 0.2) is 52.6 Å². The van der Waals surface area contributed by atoms with Gasteiger partial charge in [-0.25, -0.2) is 0 Å². The molecule has 0 spiro atoms. The van der Waals surface area contributed by atoms with Crippen molar-refractivity contribution in [2.75, 3.05) is 7.11 Å². The molecule has 0 bridgehead atoms. The van der Waals surface area contributed by atoms with E-state index in [-0.39, 0.29) is 47.5 Å². The number of hydrogen-bond donors (Lipinski definition) is 1. The number of nitrogens with zero attached hydrogens (tertiary/aromatic N) is 1. The van der Waals surface area contributed by atoms with Gasteiger partial charge in [0.25, 0.3) is 0 Å². The van der Waals surface area contributed by atoms with Gasteiger partial charge >= 0.3 is 0 Å². The molecule has 2 fully saturated rings. The van der Waals surface area contributed by atoms with Gasteiger partial charge in [-0.1, -0.05) is 37.0 Å². The first-order valence-corrected chi connectivity index (χ1v) is 13.3. The predicted molar refractivity (Wildman–Crippen MR) is 135 cm³/mol. The molecule has 0 aromatic heterocycles. The molecule has 4 aliphatic carbocycles. The van der Waals surface area contributed by atoms with Crippen LogP contribution in [0.2, 0.25) is 0 Å². The highest BCUT2D eigenvalue weighted by Crippen LogP contribution is 2.56. The van der Waals surface area contributed by atoms with Gasteiger partial charge in [-0.3, -0.25) is 24.1 Å². The van der Waals surface area contributed by atoms with Crippen LogP contribution in [0.1, 0.15) is 63.4 Å². The highest BCUT2D eigenvalue weighted by Gasteiger charge is 2.57. The molecule has 1 N–H and O–H groups in total. The summed E-state index contributed by atoms with van der Waals surface area (Å²) in [5.41, 5.74) is 2.50. The minimum atomic E-state index is -0.660.